The number of benzene rings is 1. The number of anilines is 1. The highest BCUT2D eigenvalue weighted by Gasteiger charge is 2.16. The van der Waals surface area contributed by atoms with Crippen molar-refractivity contribution in [3.63, 3.8) is 0 Å². The number of nitrogens with one attached hydrogen (secondary N) is 1. The molecule has 0 aliphatic carbocycles. The summed E-state index contributed by atoms with van der Waals surface area (Å²) in [6.07, 6.45) is 2.55. The van der Waals surface area contributed by atoms with Gasteiger partial charge in [-0.2, -0.15) is 11.3 Å². The third-order valence-electron chi connectivity index (χ3n) is 4.24. The van der Waals surface area contributed by atoms with E-state index in [-0.39, 0.29) is 18.4 Å². The van der Waals surface area contributed by atoms with Crippen molar-refractivity contribution in [3.05, 3.63) is 52.2 Å². The van der Waals surface area contributed by atoms with Gasteiger partial charge in [-0.15, -0.1) is 11.3 Å². The molecule has 1 aromatic carbocycles. The Balaban J connectivity index is 1.32. The van der Waals surface area contributed by atoms with E-state index in [0.717, 1.165) is 47.2 Å². The summed E-state index contributed by atoms with van der Waals surface area (Å²) in [5.41, 5.74) is 2.61. The number of ether oxygens (including phenoxy) is 2. The Morgan fingerprint density at radius 1 is 1.33 bits per heavy atom. The number of carbonyl (C=O) groups excluding carboxylic acids is 1. The quantitative estimate of drug-likeness (QED) is 0.629. The number of carbonyl (C=O) groups is 1. The molecule has 1 N–H and O–H groups in total. The third kappa shape index (κ3) is 4.94. The van der Waals surface area contributed by atoms with Gasteiger partial charge in [-0.05, 0) is 36.4 Å². The van der Waals surface area contributed by atoms with Crippen LogP contribution in [0.2, 0.25) is 0 Å². The highest BCUT2D eigenvalue weighted by atomic mass is 32.1. The van der Waals surface area contributed by atoms with E-state index in [9.17, 15) is 4.79 Å². The molecule has 0 spiro atoms. The first-order chi connectivity index (χ1) is 13.3. The van der Waals surface area contributed by atoms with E-state index in [4.69, 9.17) is 9.47 Å². The van der Waals surface area contributed by atoms with E-state index >= 15 is 0 Å². The van der Waals surface area contributed by atoms with Gasteiger partial charge in [0, 0.05) is 34.7 Å². The van der Waals surface area contributed by atoms with Crippen molar-refractivity contribution in [2.75, 3.05) is 18.5 Å². The monoisotopic (exact) mass is 400 g/mol. The molecule has 1 fully saturated rings. The molecule has 5 nitrogen and oxygen atoms in total. The fourth-order valence-electron chi connectivity index (χ4n) is 2.91. The smallest absolute Gasteiger partial charge is 0.230 e. The van der Waals surface area contributed by atoms with Crippen LogP contribution < -0.4 is 10.1 Å². The number of aromatic nitrogens is 1. The van der Waals surface area contributed by atoms with Crippen LogP contribution in [-0.2, 0) is 16.0 Å². The van der Waals surface area contributed by atoms with E-state index in [2.05, 4.69) is 15.7 Å². The number of thiazole rings is 1. The minimum Gasteiger partial charge on any atom is -0.491 e. The fraction of sp³-hybridized carbons (Fsp3) is 0.300. The van der Waals surface area contributed by atoms with Crippen LogP contribution in [0.4, 0.5) is 5.69 Å². The van der Waals surface area contributed by atoms with Crippen molar-refractivity contribution in [2.45, 2.75) is 25.4 Å². The molecule has 7 heteroatoms. The fourth-order valence-corrected chi connectivity index (χ4v) is 4.44. The van der Waals surface area contributed by atoms with Crippen LogP contribution in [0.5, 0.6) is 5.75 Å². The first-order valence-corrected chi connectivity index (χ1v) is 10.7. The molecule has 4 rings (SSSR count). The highest BCUT2D eigenvalue weighted by molar-refractivity contribution is 7.14. The largest absolute Gasteiger partial charge is 0.491 e. The van der Waals surface area contributed by atoms with Crippen LogP contribution in [0.3, 0.4) is 0 Å². The SMILES string of the molecule is O=C(Cc1csc(-c2ccsc2)n1)Nc1cccc(OC[C@@H]2CCCO2)c1. The van der Waals surface area contributed by atoms with Gasteiger partial charge in [0.05, 0.1) is 18.2 Å². The zero-order valence-electron chi connectivity index (χ0n) is 14.7. The molecule has 3 aromatic rings. The van der Waals surface area contributed by atoms with Crippen LogP contribution in [0.25, 0.3) is 10.6 Å². The summed E-state index contributed by atoms with van der Waals surface area (Å²) < 4.78 is 11.4. The lowest BCUT2D eigenvalue weighted by molar-refractivity contribution is -0.115. The second-order valence-corrected chi connectivity index (χ2v) is 7.99. The molecule has 1 atom stereocenters. The molecule has 140 valence electrons. The Kier molecular flexibility index (Phi) is 5.81. The summed E-state index contributed by atoms with van der Waals surface area (Å²) >= 11 is 3.20. The lowest BCUT2D eigenvalue weighted by Crippen LogP contribution is -2.17. The van der Waals surface area contributed by atoms with Gasteiger partial charge in [-0.3, -0.25) is 4.79 Å². The predicted octanol–water partition coefficient (Wildman–Crippen LogP) is 4.61. The number of thiophene rings is 1. The lowest BCUT2D eigenvalue weighted by Gasteiger charge is -2.12. The standard InChI is InChI=1S/C20H20N2O3S2/c23-19(10-16-13-27-20(22-16)14-6-8-26-12-14)21-15-3-1-4-17(9-15)25-11-18-5-2-7-24-18/h1,3-4,6,8-9,12-13,18H,2,5,7,10-11H2,(H,21,23)/t18-/m0/s1. The van der Waals surface area contributed by atoms with Gasteiger partial charge >= 0.3 is 0 Å². The average Bonchev–Trinajstić information content (AvgIpc) is 3.42. The molecule has 1 saturated heterocycles. The van der Waals surface area contributed by atoms with E-state index in [1.54, 1.807) is 22.7 Å². The Morgan fingerprint density at radius 3 is 3.11 bits per heavy atom. The first kappa shape index (κ1) is 18.2. The second kappa shape index (κ2) is 8.65. The molecule has 1 aliphatic rings. The molecule has 0 bridgehead atoms. The molecule has 2 aromatic heterocycles. The first-order valence-electron chi connectivity index (χ1n) is 8.87. The topological polar surface area (TPSA) is 60.5 Å². The van der Waals surface area contributed by atoms with Crippen molar-refractivity contribution >= 4 is 34.3 Å². The van der Waals surface area contributed by atoms with E-state index in [0.29, 0.717) is 6.61 Å². The van der Waals surface area contributed by atoms with E-state index in [1.807, 2.05) is 41.1 Å². The van der Waals surface area contributed by atoms with Crippen molar-refractivity contribution < 1.29 is 14.3 Å². The van der Waals surface area contributed by atoms with Crippen LogP contribution in [0, 0.1) is 0 Å². The van der Waals surface area contributed by atoms with E-state index in [1.165, 1.54) is 0 Å². The molecule has 0 saturated carbocycles. The van der Waals surface area contributed by atoms with Gasteiger partial charge in [0.1, 0.15) is 17.4 Å². The summed E-state index contributed by atoms with van der Waals surface area (Å²) in [7, 11) is 0. The molecular formula is C20H20N2O3S2. The normalized spacial score (nSPS) is 16.4. The molecular weight excluding hydrogens is 380 g/mol. The molecule has 27 heavy (non-hydrogen) atoms. The molecule has 0 unspecified atom stereocenters. The van der Waals surface area contributed by atoms with Crippen molar-refractivity contribution in [3.8, 4) is 16.3 Å². The molecule has 3 heterocycles. The summed E-state index contributed by atoms with van der Waals surface area (Å²) in [5, 5.41) is 9.89. The van der Waals surface area contributed by atoms with Crippen molar-refractivity contribution in [2.24, 2.45) is 0 Å². The Morgan fingerprint density at radius 2 is 2.30 bits per heavy atom. The van der Waals surface area contributed by atoms with Gasteiger partial charge < -0.3 is 14.8 Å². The van der Waals surface area contributed by atoms with Gasteiger partial charge in [-0.25, -0.2) is 4.98 Å². The maximum absolute atomic E-state index is 12.4. The van der Waals surface area contributed by atoms with Gasteiger partial charge in [0.15, 0.2) is 0 Å². The number of hydrogen-bond donors (Lipinski definition) is 1. The minimum absolute atomic E-state index is 0.0894. The van der Waals surface area contributed by atoms with Crippen molar-refractivity contribution in [1.29, 1.82) is 0 Å². The van der Waals surface area contributed by atoms with Crippen LogP contribution in [-0.4, -0.2) is 30.2 Å². The highest BCUT2D eigenvalue weighted by Crippen LogP contribution is 2.26. The van der Waals surface area contributed by atoms with Crippen molar-refractivity contribution in [1.82, 2.24) is 4.98 Å². The Labute approximate surface area is 166 Å². The van der Waals surface area contributed by atoms with Crippen LogP contribution in [0.1, 0.15) is 18.5 Å². The molecule has 0 radical (unpaired) electrons. The minimum atomic E-state index is -0.0894. The van der Waals surface area contributed by atoms with E-state index < -0.39 is 0 Å². The average molecular weight is 401 g/mol. The maximum Gasteiger partial charge on any atom is 0.230 e. The number of rotatable bonds is 7. The lowest BCUT2D eigenvalue weighted by atomic mass is 10.2. The Hall–Kier alpha value is -2.22. The second-order valence-electron chi connectivity index (χ2n) is 6.35. The summed E-state index contributed by atoms with van der Waals surface area (Å²) in [6, 6.07) is 9.49. The van der Waals surface area contributed by atoms with Crippen LogP contribution in [0.15, 0.2) is 46.5 Å². The molecule has 1 aliphatic heterocycles. The van der Waals surface area contributed by atoms with Crippen LogP contribution >= 0.6 is 22.7 Å². The van der Waals surface area contributed by atoms with Gasteiger partial charge in [-0.1, -0.05) is 6.07 Å². The zero-order valence-corrected chi connectivity index (χ0v) is 16.4. The third-order valence-corrected chi connectivity index (χ3v) is 5.86. The predicted molar refractivity (Wildman–Crippen MR) is 109 cm³/mol. The summed E-state index contributed by atoms with van der Waals surface area (Å²) in [4.78, 5) is 16.9. The zero-order chi connectivity index (χ0) is 18.5. The summed E-state index contributed by atoms with van der Waals surface area (Å²) in [5.74, 6) is 0.644. The molecule has 1 amide bonds. The van der Waals surface area contributed by atoms with Gasteiger partial charge in [0.2, 0.25) is 5.91 Å². The number of nitrogens with zero attached hydrogens (tertiary/aromatic N) is 1. The Bertz CT molecular complexity index is 886. The maximum atomic E-state index is 12.4. The summed E-state index contributed by atoms with van der Waals surface area (Å²) in [6.45, 7) is 1.36. The number of amides is 1. The number of hydrogen-bond acceptors (Lipinski definition) is 6. The van der Waals surface area contributed by atoms with Gasteiger partial charge in [0.25, 0.3) is 0 Å².